The summed E-state index contributed by atoms with van der Waals surface area (Å²) >= 11 is 5.94. The number of aryl methyl sites for hydroxylation is 2. The van der Waals surface area contributed by atoms with E-state index in [1.807, 2.05) is 50.2 Å². The maximum atomic E-state index is 12.6. The summed E-state index contributed by atoms with van der Waals surface area (Å²) in [5, 5.41) is 0.686. The smallest absolute Gasteiger partial charge is 0.322 e. The Balaban J connectivity index is 2.07. The van der Waals surface area contributed by atoms with Gasteiger partial charge in [0, 0.05) is 5.02 Å². The average Bonchev–Trinajstić information content (AvgIpc) is 2.69. The van der Waals surface area contributed by atoms with Crippen LogP contribution in [0.25, 0.3) is 11.1 Å². The number of carbonyl (C=O) groups is 2. The van der Waals surface area contributed by atoms with Crippen LogP contribution in [-0.2, 0) is 14.3 Å². The lowest BCUT2D eigenvalue weighted by molar-refractivity contribution is -0.148. The minimum atomic E-state index is -1.06. The molecule has 0 amide bonds. The lowest BCUT2D eigenvalue weighted by Crippen LogP contribution is -2.29. The number of Topliss-reactive ketones (excluding diaryl/α,β-unsaturated/α-hetero) is 1. The van der Waals surface area contributed by atoms with Crippen molar-refractivity contribution in [1.82, 2.24) is 0 Å². The third kappa shape index (κ3) is 2.73. The Hall–Kier alpha value is -2.13. The molecule has 3 nitrogen and oxygen atoms in total. The van der Waals surface area contributed by atoms with E-state index < -0.39 is 17.5 Å². The lowest BCUT2D eigenvalue weighted by atomic mass is 9.83. The molecular formula is C20H19ClO3. The topological polar surface area (TPSA) is 43.4 Å². The fourth-order valence-electron chi connectivity index (χ4n) is 3.30. The van der Waals surface area contributed by atoms with Crippen molar-refractivity contribution in [2.24, 2.45) is 0 Å². The normalized spacial score (nSPS) is 19.5. The van der Waals surface area contributed by atoms with Gasteiger partial charge in [0.25, 0.3) is 0 Å². The number of ketones is 1. The number of ether oxygens (including phenoxy) is 1. The van der Waals surface area contributed by atoms with Crippen molar-refractivity contribution in [2.75, 3.05) is 0 Å². The molecule has 0 radical (unpaired) electrons. The van der Waals surface area contributed by atoms with E-state index in [0.29, 0.717) is 5.02 Å². The van der Waals surface area contributed by atoms with Gasteiger partial charge in [0.1, 0.15) is 5.92 Å². The molecule has 1 unspecified atom stereocenters. The molecule has 1 aliphatic rings. The molecule has 1 fully saturated rings. The third-order valence-corrected chi connectivity index (χ3v) is 4.76. The Labute approximate surface area is 146 Å². The van der Waals surface area contributed by atoms with Crippen LogP contribution in [-0.4, -0.2) is 17.4 Å². The molecule has 0 saturated carbocycles. The number of hydrogen-bond acceptors (Lipinski definition) is 3. The van der Waals surface area contributed by atoms with Crippen molar-refractivity contribution in [3.8, 4) is 11.1 Å². The van der Waals surface area contributed by atoms with E-state index in [1.165, 1.54) is 0 Å². The zero-order valence-electron chi connectivity index (χ0n) is 14.1. The second-order valence-corrected chi connectivity index (χ2v) is 7.20. The Kier molecular flexibility index (Phi) is 4.00. The SMILES string of the molecule is Cc1cc(-c2ccc(Cl)cc2)cc(C)c1C1C(=O)OC(C)(C)C1=O. The van der Waals surface area contributed by atoms with E-state index in [4.69, 9.17) is 16.3 Å². The van der Waals surface area contributed by atoms with Gasteiger partial charge < -0.3 is 4.74 Å². The van der Waals surface area contributed by atoms with Gasteiger partial charge in [-0.05, 0) is 67.6 Å². The number of halogens is 1. The highest BCUT2D eigenvalue weighted by molar-refractivity contribution is 6.30. The van der Waals surface area contributed by atoms with Crippen molar-refractivity contribution < 1.29 is 14.3 Å². The standard InChI is InChI=1S/C20H19ClO3/c1-11-9-14(13-5-7-15(21)8-6-13)10-12(2)16(11)17-18(22)20(3,4)24-19(17)23/h5-10,17H,1-4H3. The van der Waals surface area contributed by atoms with Gasteiger partial charge in [-0.1, -0.05) is 35.9 Å². The Morgan fingerprint density at radius 2 is 1.50 bits per heavy atom. The first-order valence-corrected chi connectivity index (χ1v) is 8.23. The summed E-state index contributed by atoms with van der Waals surface area (Å²) in [6.07, 6.45) is 0. The van der Waals surface area contributed by atoms with Crippen molar-refractivity contribution in [3.05, 3.63) is 58.1 Å². The summed E-state index contributed by atoms with van der Waals surface area (Å²) in [7, 11) is 0. The maximum Gasteiger partial charge on any atom is 0.322 e. The van der Waals surface area contributed by atoms with Gasteiger partial charge in [0.15, 0.2) is 11.4 Å². The fourth-order valence-corrected chi connectivity index (χ4v) is 3.43. The van der Waals surface area contributed by atoms with Gasteiger partial charge >= 0.3 is 5.97 Å². The molecule has 0 bridgehead atoms. The molecular weight excluding hydrogens is 324 g/mol. The van der Waals surface area contributed by atoms with E-state index in [-0.39, 0.29) is 5.78 Å². The molecule has 0 aliphatic carbocycles. The highest BCUT2D eigenvalue weighted by Gasteiger charge is 2.50. The van der Waals surface area contributed by atoms with Crippen LogP contribution >= 0.6 is 11.6 Å². The first-order valence-electron chi connectivity index (χ1n) is 7.85. The summed E-state index contributed by atoms with van der Waals surface area (Å²) < 4.78 is 5.26. The van der Waals surface area contributed by atoms with Crippen LogP contribution in [0.4, 0.5) is 0 Å². The maximum absolute atomic E-state index is 12.6. The molecule has 0 spiro atoms. The van der Waals surface area contributed by atoms with Gasteiger partial charge in [0.2, 0.25) is 0 Å². The van der Waals surface area contributed by atoms with Gasteiger partial charge in [-0.15, -0.1) is 0 Å². The van der Waals surface area contributed by atoms with Crippen molar-refractivity contribution in [2.45, 2.75) is 39.2 Å². The third-order valence-electron chi connectivity index (χ3n) is 4.51. The number of hydrogen-bond donors (Lipinski definition) is 0. The number of benzene rings is 2. The molecule has 1 aliphatic heterocycles. The first-order chi connectivity index (χ1) is 11.2. The zero-order chi connectivity index (χ0) is 17.6. The van der Waals surface area contributed by atoms with E-state index in [0.717, 1.165) is 27.8 Å². The van der Waals surface area contributed by atoms with Crippen molar-refractivity contribution in [3.63, 3.8) is 0 Å². The van der Waals surface area contributed by atoms with E-state index in [1.54, 1.807) is 13.8 Å². The van der Waals surface area contributed by atoms with E-state index >= 15 is 0 Å². The van der Waals surface area contributed by atoms with Gasteiger partial charge in [0.05, 0.1) is 0 Å². The molecule has 1 saturated heterocycles. The number of rotatable bonds is 2. The van der Waals surface area contributed by atoms with Crippen LogP contribution in [0.15, 0.2) is 36.4 Å². The summed E-state index contributed by atoms with van der Waals surface area (Å²) in [6.45, 7) is 7.13. The molecule has 2 aromatic rings. The second kappa shape index (κ2) is 5.75. The monoisotopic (exact) mass is 342 g/mol. The largest absolute Gasteiger partial charge is 0.451 e. The predicted molar refractivity (Wildman–Crippen MR) is 94.3 cm³/mol. The summed E-state index contributed by atoms with van der Waals surface area (Å²) in [5.41, 5.74) is 3.59. The fraction of sp³-hybridized carbons (Fsp3) is 0.300. The number of cyclic esters (lactones) is 1. The molecule has 1 atom stereocenters. The van der Waals surface area contributed by atoms with Gasteiger partial charge in [-0.3, -0.25) is 9.59 Å². The number of carbonyl (C=O) groups excluding carboxylic acids is 2. The minimum absolute atomic E-state index is 0.182. The summed E-state index contributed by atoms with van der Waals surface area (Å²) in [4.78, 5) is 24.8. The second-order valence-electron chi connectivity index (χ2n) is 6.76. The van der Waals surface area contributed by atoms with Crippen LogP contribution in [0.1, 0.15) is 36.5 Å². The molecule has 1 heterocycles. The highest BCUT2D eigenvalue weighted by Crippen LogP contribution is 2.38. The lowest BCUT2D eigenvalue weighted by Gasteiger charge is -2.16. The summed E-state index contributed by atoms with van der Waals surface area (Å²) in [5.74, 6) is -1.48. The van der Waals surface area contributed by atoms with Crippen molar-refractivity contribution in [1.29, 1.82) is 0 Å². The Bertz CT molecular complexity index is 811. The van der Waals surface area contributed by atoms with Crippen LogP contribution in [0, 0.1) is 13.8 Å². The highest BCUT2D eigenvalue weighted by atomic mass is 35.5. The van der Waals surface area contributed by atoms with Crippen molar-refractivity contribution >= 4 is 23.4 Å². The van der Waals surface area contributed by atoms with E-state index in [9.17, 15) is 9.59 Å². The molecule has 4 heteroatoms. The first kappa shape index (κ1) is 16.7. The minimum Gasteiger partial charge on any atom is -0.451 e. The molecule has 2 aromatic carbocycles. The summed E-state index contributed by atoms with van der Waals surface area (Å²) in [6, 6.07) is 11.6. The molecule has 0 N–H and O–H groups in total. The van der Waals surface area contributed by atoms with E-state index in [2.05, 4.69) is 0 Å². The van der Waals surface area contributed by atoms with Crippen LogP contribution < -0.4 is 0 Å². The van der Waals surface area contributed by atoms with Crippen LogP contribution in [0.3, 0.4) is 0 Å². The zero-order valence-corrected chi connectivity index (χ0v) is 14.9. The Morgan fingerprint density at radius 1 is 0.958 bits per heavy atom. The molecule has 3 rings (SSSR count). The van der Waals surface area contributed by atoms with Crippen LogP contribution in [0.5, 0.6) is 0 Å². The van der Waals surface area contributed by atoms with Gasteiger partial charge in [-0.25, -0.2) is 0 Å². The molecule has 24 heavy (non-hydrogen) atoms. The molecule has 124 valence electrons. The van der Waals surface area contributed by atoms with Crippen LogP contribution in [0.2, 0.25) is 5.02 Å². The predicted octanol–water partition coefficient (Wildman–Crippen LogP) is 4.61. The average molecular weight is 343 g/mol. The Morgan fingerprint density at radius 3 is 1.96 bits per heavy atom. The number of esters is 1. The quantitative estimate of drug-likeness (QED) is 0.591. The van der Waals surface area contributed by atoms with Gasteiger partial charge in [-0.2, -0.15) is 0 Å². The molecule has 0 aromatic heterocycles.